The third-order valence-electron chi connectivity index (χ3n) is 7.95. The van der Waals surface area contributed by atoms with Crippen LogP contribution in [0.25, 0.3) is 0 Å². The minimum Gasteiger partial charge on any atom is -0.348 e. The Morgan fingerprint density at radius 2 is 2.05 bits per heavy atom. The molecule has 2 amide bonds. The lowest BCUT2D eigenvalue weighted by Crippen LogP contribution is -2.43. The van der Waals surface area contributed by atoms with Gasteiger partial charge in [-0.1, -0.05) is 22.9 Å². The van der Waals surface area contributed by atoms with Crippen LogP contribution in [0.2, 0.25) is 5.02 Å². The highest BCUT2D eigenvalue weighted by Gasteiger charge is 2.52. The molecule has 6 rings (SSSR count). The first-order chi connectivity index (χ1) is 17.8. The number of fused-ring (bicyclic) bond motifs is 1. The van der Waals surface area contributed by atoms with Gasteiger partial charge in [0.1, 0.15) is 5.82 Å². The Morgan fingerprint density at radius 1 is 1.24 bits per heavy atom. The van der Waals surface area contributed by atoms with Crippen LogP contribution in [0, 0.1) is 30.1 Å². The first-order valence-electron chi connectivity index (χ1n) is 12.5. The van der Waals surface area contributed by atoms with Crippen LogP contribution in [0.15, 0.2) is 36.5 Å². The molecular formula is C27H26ClN7O2. The minimum absolute atomic E-state index is 0.00363. The molecule has 3 aromatic rings. The number of piperidine rings is 1. The fourth-order valence-electron chi connectivity index (χ4n) is 5.57. The minimum atomic E-state index is -0.273. The van der Waals surface area contributed by atoms with Crippen molar-refractivity contribution in [1.29, 1.82) is 5.26 Å². The summed E-state index contributed by atoms with van der Waals surface area (Å²) < 4.78 is 1.66. The molecule has 0 spiro atoms. The fraction of sp³-hybridized carbons (Fsp3) is 0.407. The molecule has 3 aliphatic rings. The van der Waals surface area contributed by atoms with Crippen LogP contribution in [-0.2, 0) is 4.79 Å². The van der Waals surface area contributed by atoms with Crippen molar-refractivity contribution in [2.45, 2.75) is 51.1 Å². The van der Waals surface area contributed by atoms with Gasteiger partial charge in [0, 0.05) is 29.2 Å². The van der Waals surface area contributed by atoms with Gasteiger partial charge in [-0.05, 0) is 80.3 Å². The van der Waals surface area contributed by atoms with Crippen LogP contribution in [0.4, 0.5) is 5.82 Å². The molecule has 3 atom stereocenters. The van der Waals surface area contributed by atoms with E-state index in [1.165, 1.54) is 0 Å². The highest BCUT2D eigenvalue weighted by atomic mass is 35.5. The van der Waals surface area contributed by atoms with Gasteiger partial charge in [0.2, 0.25) is 5.91 Å². The van der Waals surface area contributed by atoms with E-state index in [0.29, 0.717) is 22.3 Å². The molecule has 2 aliphatic carbocycles. The summed E-state index contributed by atoms with van der Waals surface area (Å²) in [6, 6.07) is 11.2. The fourth-order valence-corrected chi connectivity index (χ4v) is 5.75. The molecule has 10 heteroatoms. The van der Waals surface area contributed by atoms with Gasteiger partial charge >= 0.3 is 0 Å². The molecule has 0 radical (unpaired) electrons. The van der Waals surface area contributed by atoms with E-state index < -0.39 is 0 Å². The van der Waals surface area contributed by atoms with Crippen molar-refractivity contribution in [3.63, 3.8) is 0 Å². The SMILES string of the molecule is Cc1nc(N2C[C@H]3C[C@H]3C2=O)ccc1[C@H](C)n1cc(C(=O)NC2CC(c3cc(Cl)ccc3C#N)C2)nn1. The van der Waals surface area contributed by atoms with Crippen LogP contribution in [-0.4, -0.2) is 44.4 Å². The van der Waals surface area contributed by atoms with E-state index >= 15 is 0 Å². The zero-order valence-electron chi connectivity index (χ0n) is 20.6. The summed E-state index contributed by atoms with van der Waals surface area (Å²) in [5.74, 6) is 1.48. The number of carbonyl (C=O) groups is 2. The predicted molar refractivity (Wildman–Crippen MR) is 136 cm³/mol. The monoisotopic (exact) mass is 515 g/mol. The van der Waals surface area contributed by atoms with Crippen LogP contribution in [0.5, 0.6) is 0 Å². The number of benzene rings is 1. The quantitative estimate of drug-likeness (QED) is 0.534. The van der Waals surface area contributed by atoms with Crippen molar-refractivity contribution in [3.05, 3.63) is 69.6 Å². The number of halogens is 1. The van der Waals surface area contributed by atoms with E-state index in [1.807, 2.05) is 32.0 Å². The Bertz CT molecular complexity index is 1460. The lowest BCUT2D eigenvalue weighted by atomic mass is 9.74. The first-order valence-corrected chi connectivity index (χ1v) is 12.9. The molecule has 1 aliphatic heterocycles. The summed E-state index contributed by atoms with van der Waals surface area (Å²) in [7, 11) is 0. The third kappa shape index (κ3) is 4.25. The lowest BCUT2D eigenvalue weighted by molar-refractivity contribution is -0.118. The average Bonchev–Trinajstić information content (AvgIpc) is 3.31. The number of pyridine rings is 1. The molecular weight excluding hydrogens is 490 g/mol. The van der Waals surface area contributed by atoms with Crippen molar-refractivity contribution in [2.24, 2.45) is 11.8 Å². The number of anilines is 1. The Balaban J connectivity index is 1.08. The number of nitrogens with zero attached hydrogens (tertiary/aromatic N) is 6. The number of amides is 2. The molecule has 3 fully saturated rings. The molecule has 188 valence electrons. The van der Waals surface area contributed by atoms with E-state index in [4.69, 9.17) is 16.6 Å². The summed E-state index contributed by atoms with van der Waals surface area (Å²) in [5.41, 5.74) is 3.57. The number of nitriles is 1. The molecule has 2 saturated carbocycles. The Morgan fingerprint density at radius 3 is 2.76 bits per heavy atom. The maximum atomic E-state index is 12.8. The smallest absolute Gasteiger partial charge is 0.273 e. The highest BCUT2D eigenvalue weighted by molar-refractivity contribution is 6.30. The van der Waals surface area contributed by atoms with Crippen LogP contribution in [0.3, 0.4) is 0 Å². The molecule has 0 unspecified atom stereocenters. The van der Waals surface area contributed by atoms with Gasteiger partial charge in [-0.25, -0.2) is 9.67 Å². The zero-order valence-corrected chi connectivity index (χ0v) is 21.3. The summed E-state index contributed by atoms with van der Waals surface area (Å²) in [4.78, 5) is 31.7. The Hall–Kier alpha value is -3.77. The molecule has 1 N–H and O–H groups in total. The molecule has 1 saturated heterocycles. The van der Waals surface area contributed by atoms with E-state index in [-0.39, 0.29) is 41.4 Å². The highest BCUT2D eigenvalue weighted by Crippen LogP contribution is 2.47. The third-order valence-corrected chi connectivity index (χ3v) is 8.18. The second kappa shape index (κ2) is 8.96. The van der Waals surface area contributed by atoms with Crippen LogP contribution >= 0.6 is 11.6 Å². The standard InChI is InChI=1S/C27H26ClN7O2/c1-14-21(5-6-25(30-14)34-12-18-9-23(18)27(34)37)15(2)35-13-24(32-33-35)26(36)31-20-7-17(8-20)22-10-19(28)4-3-16(22)11-29/h3-6,10,13,15,17-18,20,23H,7-9,12H2,1-2H3,(H,31,36)/t15-,17?,18+,20?,23+/m0/s1. The molecule has 0 bridgehead atoms. The van der Waals surface area contributed by atoms with Gasteiger partial charge in [-0.15, -0.1) is 5.10 Å². The number of hydrogen-bond donors (Lipinski definition) is 1. The molecule has 9 nitrogen and oxygen atoms in total. The van der Waals surface area contributed by atoms with Gasteiger partial charge in [0.05, 0.1) is 23.9 Å². The summed E-state index contributed by atoms with van der Waals surface area (Å²) in [5, 5.41) is 21.3. The van der Waals surface area contributed by atoms with E-state index in [0.717, 1.165) is 42.6 Å². The number of rotatable bonds is 6. The van der Waals surface area contributed by atoms with Crippen molar-refractivity contribution < 1.29 is 9.59 Å². The number of carbonyl (C=O) groups excluding carboxylic acids is 2. The Labute approximate surface area is 219 Å². The van der Waals surface area contributed by atoms with Gasteiger partial charge < -0.3 is 5.32 Å². The number of nitrogens with one attached hydrogen (secondary N) is 1. The van der Waals surface area contributed by atoms with Gasteiger partial charge in [0.15, 0.2) is 5.69 Å². The molecule has 3 heterocycles. The van der Waals surface area contributed by atoms with Crippen molar-refractivity contribution in [2.75, 3.05) is 11.4 Å². The molecule has 37 heavy (non-hydrogen) atoms. The van der Waals surface area contributed by atoms with Gasteiger partial charge in [-0.3, -0.25) is 14.5 Å². The van der Waals surface area contributed by atoms with Crippen molar-refractivity contribution in [1.82, 2.24) is 25.3 Å². The van der Waals surface area contributed by atoms with Gasteiger partial charge in [0.25, 0.3) is 5.91 Å². The van der Waals surface area contributed by atoms with Gasteiger partial charge in [-0.2, -0.15) is 5.26 Å². The largest absolute Gasteiger partial charge is 0.348 e. The van der Waals surface area contributed by atoms with E-state index in [2.05, 4.69) is 21.7 Å². The van der Waals surface area contributed by atoms with Crippen molar-refractivity contribution >= 4 is 29.2 Å². The van der Waals surface area contributed by atoms with Crippen LogP contribution < -0.4 is 10.2 Å². The average molecular weight is 516 g/mol. The second-order valence-corrected chi connectivity index (χ2v) is 10.8. The molecule has 2 aromatic heterocycles. The Kier molecular flexibility index (Phi) is 5.72. The second-order valence-electron chi connectivity index (χ2n) is 10.3. The number of aromatic nitrogens is 4. The topological polar surface area (TPSA) is 117 Å². The maximum absolute atomic E-state index is 12.8. The number of hydrogen-bond acceptors (Lipinski definition) is 6. The summed E-state index contributed by atoms with van der Waals surface area (Å²) >= 11 is 6.12. The first kappa shape index (κ1) is 23.6. The van der Waals surface area contributed by atoms with E-state index in [9.17, 15) is 14.9 Å². The maximum Gasteiger partial charge on any atom is 0.273 e. The summed E-state index contributed by atoms with van der Waals surface area (Å²) in [6.45, 7) is 4.66. The predicted octanol–water partition coefficient (Wildman–Crippen LogP) is 3.77. The van der Waals surface area contributed by atoms with Crippen molar-refractivity contribution in [3.8, 4) is 6.07 Å². The molecule has 1 aromatic carbocycles. The normalized spacial score (nSPS) is 24.7. The van der Waals surface area contributed by atoms with Crippen LogP contribution in [0.1, 0.15) is 71.0 Å². The zero-order chi connectivity index (χ0) is 25.8. The van der Waals surface area contributed by atoms with E-state index in [1.54, 1.807) is 27.9 Å². The lowest BCUT2D eigenvalue weighted by Gasteiger charge is -2.36. The summed E-state index contributed by atoms with van der Waals surface area (Å²) in [6.07, 6.45) is 4.13. The number of aryl methyl sites for hydroxylation is 1.